The van der Waals surface area contributed by atoms with E-state index in [4.69, 9.17) is 4.74 Å². The molecular formula is C24H25FN2O4S. The molecule has 0 unspecified atom stereocenters. The zero-order valence-corrected chi connectivity index (χ0v) is 18.9. The predicted molar refractivity (Wildman–Crippen MR) is 123 cm³/mol. The minimum absolute atomic E-state index is 0.0290. The zero-order valence-electron chi connectivity index (χ0n) is 18.1. The number of rotatable bonds is 8. The normalized spacial score (nSPS) is 11.3. The Balaban J connectivity index is 1.61. The smallest absolute Gasteiger partial charge is 0.262 e. The average molecular weight is 457 g/mol. The molecule has 32 heavy (non-hydrogen) atoms. The van der Waals surface area contributed by atoms with Crippen molar-refractivity contribution in [3.05, 3.63) is 83.7 Å². The Morgan fingerprint density at radius 2 is 1.59 bits per heavy atom. The van der Waals surface area contributed by atoms with Crippen LogP contribution in [0.15, 0.2) is 71.6 Å². The number of benzene rings is 3. The lowest BCUT2D eigenvalue weighted by Gasteiger charge is -2.13. The lowest BCUT2D eigenvalue weighted by molar-refractivity contribution is -0.118. The van der Waals surface area contributed by atoms with Crippen molar-refractivity contribution in [2.75, 3.05) is 16.6 Å². The van der Waals surface area contributed by atoms with Gasteiger partial charge in [0.1, 0.15) is 11.6 Å². The van der Waals surface area contributed by atoms with E-state index in [1.807, 2.05) is 24.3 Å². The Morgan fingerprint density at radius 1 is 0.969 bits per heavy atom. The summed E-state index contributed by atoms with van der Waals surface area (Å²) in [5.41, 5.74) is 2.66. The number of carbonyl (C=O) groups is 1. The van der Waals surface area contributed by atoms with Gasteiger partial charge in [-0.2, -0.15) is 0 Å². The molecule has 2 N–H and O–H groups in total. The van der Waals surface area contributed by atoms with E-state index in [9.17, 15) is 17.6 Å². The molecule has 0 aliphatic rings. The van der Waals surface area contributed by atoms with Gasteiger partial charge >= 0.3 is 0 Å². The van der Waals surface area contributed by atoms with Crippen LogP contribution in [0.3, 0.4) is 0 Å². The highest BCUT2D eigenvalue weighted by atomic mass is 32.2. The first-order chi connectivity index (χ1) is 15.1. The molecule has 0 atom stereocenters. The van der Waals surface area contributed by atoms with E-state index in [1.54, 1.807) is 6.92 Å². The zero-order chi connectivity index (χ0) is 23.3. The van der Waals surface area contributed by atoms with Crippen LogP contribution >= 0.6 is 0 Å². The van der Waals surface area contributed by atoms with Crippen LogP contribution in [-0.4, -0.2) is 20.9 Å². The Hall–Kier alpha value is -3.39. The van der Waals surface area contributed by atoms with Gasteiger partial charge in [-0.3, -0.25) is 9.52 Å². The van der Waals surface area contributed by atoms with E-state index in [-0.39, 0.29) is 23.1 Å². The average Bonchev–Trinajstić information content (AvgIpc) is 2.74. The number of ether oxygens (including phenoxy) is 1. The second kappa shape index (κ2) is 9.82. The maximum atomic E-state index is 13.0. The molecule has 1 amide bonds. The lowest BCUT2D eigenvalue weighted by atomic mass is 10.0. The van der Waals surface area contributed by atoms with E-state index in [0.29, 0.717) is 22.9 Å². The van der Waals surface area contributed by atoms with Gasteiger partial charge in [0, 0.05) is 11.4 Å². The van der Waals surface area contributed by atoms with Crippen molar-refractivity contribution in [2.45, 2.75) is 31.6 Å². The maximum absolute atomic E-state index is 13.0. The van der Waals surface area contributed by atoms with E-state index >= 15 is 0 Å². The number of halogens is 1. The summed E-state index contributed by atoms with van der Waals surface area (Å²) < 4.78 is 46.1. The van der Waals surface area contributed by atoms with Gasteiger partial charge in [0.25, 0.3) is 15.9 Å². The monoisotopic (exact) mass is 456 g/mol. The molecule has 0 saturated heterocycles. The van der Waals surface area contributed by atoms with Crippen LogP contribution in [0.2, 0.25) is 0 Å². The van der Waals surface area contributed by atoms with E-state index in [2.05, 4.69) is 23.9 Å². The standard InChI is InChI=1S/C24H25FN2O4S/c1-16(2)18-4-8-20(9-5-18)26-24(28)15-31-23-13-12-22(14-17(23)3)32(29,30)27-21-10-6-19(25)7-11-21/h4-14,16,27H,15H2,1-3H3,(H,26,28). The van der Waals surface area contributed by atoms with Gasteiger partial charge in [0.2, 0.25) is 0 Å². The Kier molecular flexibility index (Phi) is 7.15. The summed E-state index contributed by atoms with van der Waals surface area (Å²) in [6.07, 6.45) is 0. The van der Waals surface area contributed by atoms with Crippen molar-refractivity contribution in [2.24, 2.45) is 0 Å². The van der Waals surface area contributed by atoms with E-state index in [0.717, 1.165) is 0 Å². The summed E-state index contributed by atoms with van der Waals surface area (Å²) in [6, 6.07) is 17.0. The molecular weight excluding hydrogens is 431 g/mol. The molecule has 0 spiro atoms. The van der Waals surface area contributed by atoms with E-state index in [1.165, 1.54) is 48.0 Å². The highest BCUT2D eigenvalue weighted by Crippen LogP contribution is 2.24. The fourth-order valence-electron chi connectivity index (χ4n) is 2.97. The third kappa shape index (κ3) is 6.07. The van der Waals surface area contributed by atoms with Crippen LogP contribution in [0.5, 0.6) is 5.75 Å². The Bertz CT molecular complexity index is 1190. The van der Waals surface area contributed by atoms with Gasteiger partial charge in [-0.1, -0.05) is 26.0 Å². The molecule has 6 nitrogen and oxygen atoms in total. The topological polar surface area (TPSA) is 84.5 Å². The molecule has 0 fully saturated rings. The van der Waals surface area contributed by atoms with Crippen LogP contribution in [0, 0.1) is 12.7 Å². The van der Waals surface area contributed by atoms with Crippen molar-refractivity contribution in [3.8, 4) is 5.75 Å². The summed E-state index contributed by atoms with van der Waals surface area (Å²) in [6.45, 7) is 5.67. The minimum Gasteiger partial charge on any atom is -0.483 e. The van der Waals surface area contributed by atoms with Crippen molar-refractivity contribution >= 4 is 27.3 Å². The van der Waals surface area contributed by atoms with Gasteiger partial charge in [-0.25, -0.2) is 12.8 Å². The number of aryl methyl sites for hydroxylation is 1. The van der Waals surface area contributed by atoms with Crippen molar-refractivity contribution in [3.63, 3.8) is 0 Å². The first-order valence-corrected chi connectivity index (χ1v) is 11.5. The fourth-order valence-corrected chi connectivity index (χ4v) is 4.12. The number of carbonyl (C=O) groups excluding carboxylic acids is 1. The first kappa shape index (κ1) is 23.3. The maximum Gasteiger partial charge on any atom is 0.262 e. The third-order valence-electron chi connectivity index (χ3n) is 4.77. The van der Waals surface area contributed by atoms with Gasteiger partial charge in [0.05, 0.1) is 4.90 Å². The van der Waals surface area contributed by atoms with Gasteiger partial charge in [0.15, 0.2) is 6.61 Å². The summed E-state index contributed by atoms with van der Waals surface area (Å²) >= 11 is 0. The van der Waals surface area contributed by atoms with E-state index < -0.39 is 15.8 Å². The predicted octanol–water partition coefficient (Wildman–Crippen LogP) is 5.08. The molecule has 0 bridgehead atoms. The van der Waals surface area contributed by atoms with Crippen molar-refractivity contribution in [1.82, 2.24) is 0 Å². The number of anilines is 2. The summed E-state index contributed by atoms with van der Waals surface area (Å²) in [5, 5.41) is 2.77. The number of hydrogen-bond donors (Lipinski definition) is 2. The van der Waals surface area contributed by atoms with Crippen molar-refractivity contribution < 1.29 is 22.3 Å². The third-order valence-corrected chi connectivity index (χ3v) is 6.15. The van der Waals surface area contributed by atoms with Gasteiger partial charge in [-0.15, -0.1) is 0 Å². The highest BCUT2D eigenvalue weighted by Gasteiger charge is 2.16. The van der Waals surface area contributed by atoms with Gasteiger partial charge < -0.3 is 10.1 Å². The summed E-state index contributed by atoms with van der Waals surface area (Å²) in [7, 11) is -3.85. The van der Waals surface area contributed by atoms with Crippen LogP contribution < -0.4 is 14.8 Å². The highest BCUT2D eigenvalue weighted by molar-refractivity contribution is 7.92. The van der Waals surface area contributed by atoms with Crippen LogP contribution in [-0.2, 0) is 14.8 Å². The molecule has 0 aromatic heterocycles. The second-order valence-electron chi connectivity index (χ2n) is 7.65. The summed E-state index contributed by atoms with van der Waals surface area (Å²) in [5.74, 6) is 0.0260. The van der Waals surface area contributed by atoms with Crippen LogP contribution in [0.4, 0.5) is 15.8 Å². The molecule has 0 aliphatic carbocycles. The minimum atomic E-state index is -3.85. The fraction of sp³-hybridized carbons (Fsp3) is 0.208. The SMILES string of the molecule is Cc1cc(S(=O)(=O)Nc2ccc(F)cc2)ccc1OCC(=O)Nc1ccc(C(C)C)cc1. The molecule has 8 heteroatoms. The molecule has 168 valence electrons. The largest absolute Gasteiger partial charge is 0.483 e. The molecule has 3 aromatic carbocycles. The number of amides is 1. The lowest BCUT2D eigenvalue weighted by Crippen LogP contribution is -2.20. The number of sulfonamides is 1. The quantitative estimate of drug-likeness (QED) is 0.495. The molecule has 3 aromatic rings. The first-order valence-electron chi connectivity index (χ1n) is 10.1. The number of hydrogen-bond acceptors (Lipinski definition) is 4. The van der Waals surface area contributed by atoms with Crippen LogP contribution in [0.25, 0.3) is 0 Å². The summed E-state index contributed by atoms with van der Waals surface area (Å²) in [4.78, 5) is 12.2. The number of nitrogens with one attached hydrogen (secondary N) is 2. The molecule has 3 rings (SSSR count). The van der Waals surface area contributed by atoms with Crippen molar-refractivity contribution in [1.29, 1.82) is 0 Å². The molecule has 0 aliphatic heterocycles. The Morgan fingerprint density at radius 3 is 2.19 bits per heavy atom. The molecule has 0 saturated carbocycles. The van der Waals surface area contributed by atoms with Crippen LogP contribution in [0.1, 0.15) is 30.9 Å². The Labute approximate surface area is 187 Å². The second-order valence-corrected chi connectivity index (χ2v) is 9.34. The molecule has 0 radical (unpaired) electrons. The van der Waals surface area contributed by atoms with Gasteiger partial charge in [-0.05, 0) is 78.6 Å². The molecule has 0 heterocycles.